The number of carbonyl (C=O) groups is 2. The summed E-state index contributed by atoms with van der Waals surface area (Å²) in [4.78, 5) is 26.1. The highest BCUT2D eigenvalue weighted by Gasteiger charge is 2.40. The molecule has 0 aliphatic carbocycles. The predicted octanol–water partition coefficient (Wildman–Crippen LogP) is 4.79. The van der Waals surface area contributed by atoms with Crippen LogP contribution in [-0.2, 0) is 19.6 Å². The van der Waals surface area contributed by atoms with Gasteiger partial charge in [0, 0.05) is 18.2 Å². The standard InChI is InChI=1S/C28H20FNO6S/c1-30-26(27(32)20-12-11-18-7-5-6-8-19(18)15-20)28(23-14-13-21(29)16-24(23)37(30,33)34)36-25(31)17-35-22-9-3-2-4-10-22/h2-16H,17H2,1H3. The molecular weight excluding hydrogens is 497 g/mol. The maximum atomic E-state index is 14.0. The largest absolute Gasteiger partial charge is 0.482 e. The molecule has 0 radical (unpaired) electrons. The first-order chi connectivity index (χ1) is 17.8. The quantitative estimate of drug-likeness (QED) is 0.270. The number of hydrogen-bond acceptors (Lipinski definition) is 6. The smallest absolute Gasteiger partial charge is 0.349 e. The summed E-state index contributed by atoms with van der Waals surface area (Å²) in [5.41, 5.74) is -0.283. The Kier molecular flexibility index (Phi) is 6.22. The summed E-state index contributed by atoms with van der Waals surface area (Å²) in [5.74, 6) is -2.22. The molecule has 0 unspecified atom stereocenters. The Bertz CT molecular complexity index is 1680. The van der Waals surface area contributed by atoms with E-state index in [4.69, 9.17) is 9.47 Å². The zero-order valence-corrected chi connectivity index (χ0v) is 20.4. The van der Waals surface area contributed by atoms with Gasteiger partial charge in [-0.2, -0.15) is 0 Å². The van der Waals surface area contributed by atoms with Crippen LogP contribution in [0.15, 0.2) is 102 Å². The highest BCUT2D eigenvalue weighted by molar-refractivity contribution is 7.89. The van der Waals surface area contributed by atoms with Crippen molar-refractivity contribution in [3.63, 3.8) is 0 Å². The van der Waals surface area contributed by atoms with Gasteiger partial charge in [0.05, 0.1) is 0 Å². The number of fused-ring (bicyclic) bond motifs is 2. The molecule has 9 heteroatoms. The molecule has 37 heavy (non-hydrogen) atoms. The van der Waals surface area contributed by atoms with E-state index in [2.05, 4.69) is 0 Å². The van der Waals surface area contributed by atoms with Crippen molar-refractivity contribution in [3.05, 3.63) is 114 Å². The van der Waals surface area contributed by atoms with Crippen LogP contribution in [0.4, 0.5) is 4.39 Å². The third-order valence-electron chi connectivity index (χ3n) is 5.90. The van der Waals surface area contributed by atoms with Gasteiger partial charge in [0.25, 0.3) is 10.0 Å². The SMILES string of the molecule is CN1C(C(=O)c2ccc3ccccc3c2)=C(OC(=O)COc2ccccc2)c2ccc(F)cc2S1(=O)=O. The molecule has 1 aliphatic rings. The second-order valence-corrected chi connectivity index (χ2v) is 10.2. The normalized spacial score (nSPS) is 14.3. The predicted molar refractivity (Wildman–Crippen MR) is 135 cm³/mol. The molecule has 0 N–H and O–H groups in total. The first-order valence-corrected chi connectivity index (χ1v) is 12.6. The van der Waals surface area contributed by atoms with Crippen molar-refractivity contribution in [2.75, 3.05) is 13.7 Å². The molecule has 4 aromatic carbocycles. The van der Waals surface area contributed by atoms with Gasteiger partial charge >= 0.3 is 5.97 Å². The molecule has 0 spiro atoms. The van der Waals surface area contributed by atoms with Gasteiger partial charge in [0.2, 0.25) is 5.78 Å². The van der Waals surface area contributed by atoms with Crippen molar-refractivity contribution in [3.8, 4) is 5.75 Å². The average Bonchev–Trinajstić information content (AvgIpc) is 2.91. The number of para-hydroxylation sites is 1. The lowest BCUT2D eigenvalue weighted by Crippen LogP contribution is -2.36. The number of ether oxygens (including phenoxy) is 2. The number of rotatable bonds is 6. The second-order valence-electron chi connectivity index (χ2n) is 8.26. The molecule has 0 aromatic heterocycles. The van der Waals surface area contributed by atoms with Gasteiger partial charge < -0.3 is 9.47 Å². The van der Waals surface area contributed by atoms with Crippen LogP contribution in [0.2, 0.25) is 0 Å². The van der Waals surface area contributed by atoms with Crippen LogP contribution in [0.5, 0.6) is 5.75 Å². The van der Waals surface area contributed by atoms with E-state index in [-0.39, 0.29) is 22.6 Å². The highest BCUT2D eigenvalue weighted by atomic mass is 32.2. The number of Topliss-reactive ketones (excluding diaryl/α,β-unsaturated/α-hetero) is 1. The molecule has 0 saturated carbocycles. The van der Waals surface area contributed by atoms with E-state index in [1.165, 1.54) is 6.07 Å². The van der Waals surface area contributed by atoms with Gasteiger partial charge in [0.1, 0.15) is 22.2 Å². The van der Waals surface area contributed by atoms with E-state index in [1.54, 1.807) is 48.5 Å². The van der Waals surface area contributed by atoms with E-state index in [0.29, 0.717) is 10.1 Å². The molecule has 186 valence electrons. The lowest BCUT2D eigenvalue weighted by Gasteiger charge is -2.30. The fourth-order valence-corrected chi connectivity index (χ4v) is 5.46. The topological polar surface area (TPSA) is 90.0 Å². The number of allylic oxidation sites excluding steroid dienone is 1. The average molecular weight is 518 g/mol. The summed E-state index contributed by atoms with van der Waals surface area (Å²) < 4.78 is 52.3. The number of carbonyl (C=O) groups excluding carboxylic acids is 2. The third-order valence-corrected chi connectivity index (χ3v) is 7.70. The van der Waals surface area contributed by atoms with Crippen LogP contribution in [-0.4, -0.2) is 38.1 Å². The van der Waals surface area contributed by atoms with Gasteiger partial charge in [-0.25, -0.2) is 17.6 Å². The lowest BCUT2D eigenvalue weighted by atomic mass is 10.0. The maximum absolute atomic E-state index is 14.0. The van der Waals surface area contributed by atoms with Gasteiger partial charge in [-0.1, -0.05) is 54.6 Å². The zero-order chi connectivity index (χ0) is 26.2. The fraction of sp³-hybridized carbons (Fsp3) is 0.0714. The Morgan fingerprint density at radius 3 is 2.32 bits per heavy atom. The Morgan fingerprint density at radius 2 is 1.57 bits per heavy atom. The minimum Gasteiger partial charge on any atom is -0.482 e. The number of likely N-dealkylation sites (N-methyl/N-ethyl adjacent to an activating group) is 1. The van der Waals surface area contributed by atoms with E-state index in [0.717, 1.165) is 30.0 Å². The zero-order valence-electron chi connectivity index (χ0n) is 19.6. The summed E-state index contributed by atoms with van der Waals surface area (Å²) in [6.07, 6.45) is 0. The van der Waals surface area contributed by atoms with Crippen LogP contribution in [0.25, 0.3) is 16.5 Å². The maximum Gasteiger partial charge on any atom is 0.349 e. The number of benzene rings is 4. The minimum absolute atomic E-state index is 0.100. The van der Waals surface area contributed by atoms with Crippen molar-refractivity contribution in [1.29, 1.82) is 0 Å². The summed E-state index contributed by atoms with van der Waals surface area (Å²) >= 11 is 0. The van der Waals surface area contributed by atoms with Crippen LogP contribution in [0.3, 0.4) is 0 Å². The second kappa shape index (κ2) is 9.51. The summed E-state index contributed by atoms with van der Waals surface area (Å²) in [6, 6.07) is 23.9. The third kappa shape index (κ3) is 4.56. The van der Waals surface area contributed by atoms with E-state index in [1.807, 2.05) is 24.3 Å². The number of ketones is 1. The monoisotopic (exact) mass is 517 g/mol. The van der Waals surface area contributed by atoms with Crippen molar-refractivity contribution >= 4 is 38.3 Å². The number of sulfonamides is 1. The van der Waals surface area contributed by atoms with Crippen molar-refractivity contribution in [2.45, 2.75) is 4.90 Å². The molecule has 7 nitrogen and oxygen atoms in total. The molecule has 0 amide bonds. The van der Waals surface area contributed by atoms with Crippen molar-refractivity contribution in [1.82, 2.24) is 4.31 Å². The molecule has 1 aliphatic heterocycles. The Balaban J connectivity index is 1.60. The highest BCUT2D eigenvalue weighted by Crippen LogP contribution is 2.38. The van der Waals surface area contributed by atoms with Gasteiger partial charge in [-0.3, -0.25) is 9.10 Å². The molecule has 4 aromatic rings. The Morgan fingerprint density at radius 1 is 0.865 bits per heavy atom. The van der Waals surface area contributed by atoms with Crippen LogP contribution in [0, 0.1) is 5.82 Å². The Labute approximate surface area is 212 Å². The van der Waals surface area contributed by atoms with Crippen molar-refractivity contribution in [2.24, 2.45) is 0 Å². The van der Waals surface area contributed by atoms with E-state index >= 15 is 0 Å². The number of halogens is 1. The summed E-state index contributed by atoms with van der Waals surface area (Å²) in [6.45, 7) is -0.502. The van der Waals surface area contributed by atoms with Crippen LogP contribution < -0.4 is 4.74 Å². The number of hydrogen-bond donors (Lipinski definition) is 0. The van der Waals surface area contributed by atoms with Crippen LogP contribution >= 0.6 is 0 Å². The molecular formula is C28H20FNO6S. The van der Waals surface area contributed by atoms with E-state index < -0.39 is 39.1 Å². The summed E-state index contributed by atoms with van der Waals surface area (Å²) in [7, 11) is -3.16. The minimum atomic E-state index is -4.32. The fourth-order valence-electron chi connectivity index (χ4n) is 4.05. The molecule has 1 heterocycles. The van der Waals surface area contributed by atoms with Gasteiger partial charge in [-0.15, -0.1) is 0 Å². The number of esters is 1. The number of nitrogens with zero attached hydrogens (tertiary/aromatic N) is 1. The molecule has 0 atom stereocenters. The van der Waals surface area contributed by atoms with Crippen molar-refractivity contribution < 1.29 is 31.9 Å². The van der Waals surface area contributed by atoms with E-state index in [9.17, 15) is 22.4 Å². The Hall–Kier alpha value is -4.50. The van der Waals surface area contributed by atoms with Crippen LogP contribution in [0.1, 0.15) is 15.9 Å². The first-order valence-electron chi connectivity index (χ1n) is 11.2. The molecule has 5 rings (SSSR count). The summed E-state index contributed by atoms with van der Waals surface area (Å²) in [5, 5.41) is 1.66. The molecule has 0 fully saturated rings. The van der Waals surface area contributed by atoms with Gasteiger partial charge in [-0.05, 0) is 47.2 Å². The van der Waals surface area contributed by atoms with Gasteiger partial charge in [0.15, 0.2) is 12.4 Å². The lowest BCUT2D eigenvalue weighted by molar-refractivity contribution is -0.139. The molecule has 0 bridgehead atoms. The molecule has 0 saturated heterocycles. The first kappa shape index (κ1) is 24.2.